The zero-order valence-electron chi connectivity index (χ0n) is 12.7. The number of non-ortho nitro benzene ring substituents is 1. The van der Waals surface area contributed by atoms with Crippen molar-refractivity contribution in [3.8, 4) is 0 Å². The van der Waals surface area contributed by atoms with Crippen molar-refractivity contribution < 1.29 is 24.4 Å². The van der Waals surface area contributed by atoms with Gasteiger partial charge in [0.05, 0.1) is 10.8 Å². The average Bonchev–Trinajstić information content (AvgIpc) is 2.69. The lowest BCUT2D eigenvalue weighted by Crippen LogP contribution is -2.57. The third-order valence-electron chi connectivity index (χ3n) is 4.81. The third kappa shape index (κ3) is 1.89. The number of nitro groups is 1. The van der Waals surface area contributed by atoms with Crippen LogP contribution in [0.4, 0.5) is 5.69 Å². The van der Waals surface area contributed by atoms with Gasteiger partial charge in [0, 0.05) is 23.6 Å². The van der Waals surface area contributed by atoms with Gasteiger partial charge in [-0.05, 0) is 18.6 Å². The second-order valence-electron chi connectivity index (χ2n) is 5.80. The molecule has 1 saturated heterocycles. The molecular formula is C16H14N2O6. The summed E-state index contributed by atoms with van der Waals surface area (Å²) in [6.07, 6.45) is 3.32. The van der Waals surface area contributed by atoms with E-state index in [2.05, 4.69) is 0 Å². The van der Waals surface area contributed by atoms with Gasteiger partial charge < -0.3 is 5.11 Å². The molecule has 1 aliphatic heterocycles. The summed E-state index contributed by atoms with van der Waals surface area (Å²) in [7, 11) is 0. The molecule has 0 aromatic heterocycles. The molecule has 1 aromatic carbocycles. The number of amides is 2. The molecule has 8 heteroatoms. The number of carbonyl (C=O) groups excluding carboxylic acids is 2. The number of carboxylic acid groups (broad SMARTS) is 1. The molecule has 1 fully saturated rings. The number of likely N-dealkylation sites (tertiary alicyclic amines) is 1. The van der Waals surface area contributed by atoms with Gasteiger partial charge >= 0.3 is 5.97 Å². The van der Waals surface area contributed by atoms with Crippen LogP contribution in [0.15, 0.2) is 36.4 Å². The number of nitro benzene ring substituents is 1. The molecule has 124 valence electrons. The van der Waals surface area contributed by atoms with Crippen LogP contribution in [0.2, 0.25) is 0 Å². The highest BCUT2D eigenvalue weighted by Crippen LogP contribution is 2.49. The zero-order chi connectivity index (χ0) is 17.6. The van der Waals surface area contributed by atoms with Crippen molar-refractivity contribution in [3.63, 3.8) is 0 Å². The van der Waals surface area contributed by atoms with E-state index in [0.717, 1.165) is 17.0 Å². The standard InChI is InChI=1S/C16H14N2O6/c1-2-16(15(21)22)12-8-7-11(12)14(20)17(16)13(19)9-3-5-10(6-4-9)18(23)24/h3-8,11-12H,2H2,1H3,(H,21,22)/t11-,12+,16-/m0/s1. The molecule has 24 heavy (non-hydrogen) atoms. The molecule has 0 unspecified atom stereocenters. The smallest absolute Gasteiger partial charge is 0.330 e. The first kappa shape index (κ1) is 15.9. The Bertz CT molecular complexity index is 784. The van der Waals surface area contributed by atoms with E-state index in [1.165, 1.54) is 12.1 Å². The maximum Gasteiger partial charge on any atom is 0.330 e. The van der Waals surface area contributed by atoms with Crippen LogP contribution in [0.5, 0.6) is 0 Å². The second kappa shape index (κ2) is 5.26. The molecule has 8 nitrogen and oxygen atoms in total. The van der Waals surface area contributed by atoms with Crippen molar-refractivity contribution in [1.82, 2.24) is 4.90 Å². The number of fused-ring (bicyclic) bond motifs is 1. The van der Waals surface area contributed by atoms with Crippen LogP contribution in [-0.4, -0.2) is 38.3 Å². The minimum atomic E-state index is -1.62. The molecule has 1 aromatic rings. The summed E-state index contributed by atoms with van der Waals surface area (Å²) >= 11 is 0. The fourth-order valence-corrected chi connectivity index (χ4v) is 3.44. The van der Waals surface area contributed by atoms with Gasteiger partial charge in [0.1, 0.15) is 0 Å². The second-order valence-corrected chi connectivity index (χ2v) is 5.80. The monoisotopic (exact) mass is 330 g/mol. The molecule has 0 spiro atoms. The molecular weight excluding hydrogens is 316 g/mol. The molecule has 0 saturated carbocycles. The number of hydrogen-bond donors (Lipinski definition) is 1. The van der Waals surface area contributed by atoms with E-state index in [1.54, 1.807) is 19.1 Å². The van der Waals surface area contributed by atoms with Crippen LogP contribution in [0, 0.1) is 22.0 Å². The van der Waals surface area contributed by atoms with Crippen molar-refractivity contribution in [2.75, 3.05) is 0 Å². The first-order valence-electron chi connectivity index (χ1n) is 7.39. The number of rotatable bonds is 4. The van der Waals surface area contributed by atoms with Gasteiger partial charge in [-0.15, -0.1) is 0 Å². The van der Waals surface area contributed by atoms with Gasteiger partial charge in [-0.2, -0.15) is 0 Å². The number of benzene rings is 1. The van der Waals surface area contributed by atoms with Crippen molar-refractivity contribution in [1.29, 1.82) is 0 Å². The molecule has 2 aliphatic rings. The minimum absolute atomic E-state index is 0.0364. The van der Waals surface area contributed by atoms with Gasteiger partial charge in [-0.3, -0.25) is 24.6 Å². The Labute approximate surface area is 136 Å². The van der Waals surface area contributed by atoms with Crippen LogP contribution in [0.1, 0.15) is 23.7 Å². The summed E-state index contributed by atoms with van der Waals surface area (Å²) in [5.41, 5.74) is -1.77. The largest absolute Gasteiger partial charge is 0.479 e. The molecule has 3 atom stereocenters. The fourth-order valence-electron chi connectivity index (χ4n) is 3.44. The Balaban J connectivity index is 2.02. The number of imide groups is 1. The zero-order valence-corrected chi connectivity index (χ0v) is 12.7. The lowest BCUT2D eigenvalue weighted by atomic mass is 9.71. The predicted octanol–water partition coefficient (Wildman–Crippen LogP) is 1.61. The first-order chi connectivity index (χ1) is 11.3. The summed E-state index contributed by atoms with van der Waals surface area (Å²) in [5.74, 6) is -3.69. The van der Waals surface area contributed by atoms with Crippen LogP contribution in [0.3, 0.4) is 0 Å². The molecule has 2 amide bonds. The number of carboxylic acids is 1. The predicted molar refractivity (Wildman–Crippen MR) is 81.1 cm³/mol. The van der Waals surface area contributed by atoms with Gasteiger partial charge in [0.2, 0.25) is 5.91 Å². The molecule has 0 bridgehead atoms. The van der Waals surface area contributed by atoms with E-state index >= 15 is 0 Å². The van der Waals surface area contributed by atoms with Crippen LogP contribution >= 0.6 is 0 Å². The van der Waals surface area contributed by atoms with Gasteiger partial charge in [-0.1, -0.05) is 19.1 Å². The SMILES string of the molecule is CC[C@@]1(C(=O)O)[C@@H]2C=C[C@@H]2C(=O)N1C(=O)c1ccc([N+](=O)[O-])cc1. The highest BCUT2D eigenvalue weighted by Gasteiger charge is 2.65. The summed E-state index contributed by atoms with van der Waals surface area (Å²) in [6, 6.07) is 4.75. The normalized spacial score (nSPS) is 27.5. The average molecular weight is 330 g/mol. The fraction of sp³-hybridized carbons (Fsp3) is 0.312. The number of hydrogen-bond acceptors (Lipinski definition) is 5. The van der Waals surface area contributed by atoms with Crippen LogP contribution < -0.4 is 0 Å². The first-order valence-corrected chi connectivity index (χ1v) is 7.39. The maximum absolute atomic E-state index is 12.8. The Morgan fingerprint density at radius 2 is 1.92 bits per heavy atom. The number of aliphatic carboxylic acids is 1. The highest BCUT2D eigenvalue weighted by atomic mass is 16.6. The number of nitrogens with zero attached hydrogens (tertiary/aromatic N) is 2. The molecule has 1 aliphatic carbocycles. The van der Waals surface area contributed by atoms with Crippen molar-refractivity contribution in [2.24, 2.45) is 11.8 Å². The Morgan fingerprint density at radius 1 is 1.29 bits per heavy atom. The van der Waals surface area contributed by atoms with E-state index < -0.39 is 40.1 Å². The molecule has 3 rings (SSSR count). The maximum atomic E-state index is 12.8. The Kier molecular flexibility index (Phi) is 3.47. The van der Waals surface area contributed by atoms with Gasteiger partial charge in [0.15, 0.2) is 5.54 Å². The van der Waals surface area contributed by atoms with Crippen molar-refractivity contribution in [3.05, 3.63) is 52.1 Å². The lowest BCUT2D eigenvalue weighted by molar-refractivity contribution is -0.384. The van der Waals surface area contributed by atoms with E-state index in [1.807, 2.05) is 0 Å². The third-order valence-corrected chi connectivity index (χ3v) is 4.81. The summed E-state index contributed by atoms with van der Waals surface area (Å²) < 4.78 is 0. The number of carbonyl (C=O) groups is 3. The Hall–Kier alpha value is -3.03. The summed E-state index contributed by atoms with van der Waals surface area (Å²) in [5, 5.41) is 20.4. The van der Waals surface area contributed by atoms with E-state index in [0.29, 0.717) is 0 Å². The van der Waals surface area contributed by atoms with Crippen LogP contribution in [0.25, 0.3) is 0 Å². The summed E-state index contributed by atoms with van der Waals surface area (Å²) in [4.78, 5) is 48.1. The van der Waals surface area contributed by atoms with Crippen molar-refractivity contribution >= 4 is 23.5 Å². The highest BCUT2D eigenvalue weighted by molar-refractivity contribution is 6.12. The molecule has 1 N–H and O–H groups in total. The van der Waals surface area contributed by atoms with Gasteiger partial charge in [0.25, 0.3) is 11.6 Å². The quantitative estimate of drug-likeness (QED) is 0.388. The topological polar surface area (TPSA) is 118 Å². The van der Waals surface area contributed by atoms with E-state index in [4.69, 9.17) is 0 Å². The van der Waals surface area contributed by atoms with E-state index in [9.17, 15) is 29.6 Å². The van der Waals surface area contributed by atoms with E-state index in [-0.39, 0.29) is 17.7 Å². The van der Waals surface area contributed by atoms with Gasteiger partial charge in [-0.25, -0.2) is 4.79 Å². The summed E-state index contributed by atoms with van der Waals surface area (Å²) in [6.45, 7) is 1.62. The molecule has 0 radical (unpaired) electrons. The van der Waals surface area contributed by atoms with Crippen molar-refractivity contribution in [2.45, 2.75) is 18.9 Å². The lowest BCUT2D eigenvalue weighted by Gasteiger charge is -2.37. The van der Waals surface area contributed by atoms with Crippen LogP contribution in [-0.2, 0) is 9.59 Å². The minimum Gasteiger partial charge on any atom is -0.479 e. The molecule has 1 heterocycles. The Morgan fingerprint density at radius 3 is 2.33 bits per heavy atom.